The molecule has 1 aliphatic rings. The van der Waals surface area contributed by atoms with Crippen LogP contribution in [0, 0.1) is 11.7 Å². The number of carbonyl (C=O) groups is 1. The molecule has 1 aliphatic heterocycles. The van der Waals surface area contributed by atoms with Crippen LogP contribution < -0.4 is 5.32 Å². The third-order valence-electron chi connectivity index (χ3n) is 5.84. The number of rotatable bonds is 6. The lowest BCUT2D eigenvalue weighted by Gasteiger charge is -2.32. The molecule has 2 aromatic carbocycles. The summed E-state index contributed by atoms with van der Waals surface area (Å²) < 4.78 is 14.7. The maximum absolute atomic E-state index is 13.0. The van der Waals surface area contributed by atoms with E-state index < -0.39 is 0 Å². The van der Waals surface area contributed by atoms with Gasteiger partial charge in [0.1, 0.15) is 11.5 Å². The number of nitrogens with zero attached hydrogens (tertiary/aromatic N) is 3. The maximum Gasteiger partial charge on any atom is 0.270 e. The van der Waals surface area contributed by atoms with Gasteiger partial charge in [-0.25, -0.2) is 4.39 Å². The van der Waals surface area contributed by atoms with Crippen LogP contribution in [0.25, 0.3) is 10.9 Å². The summed E-state index contributed by atoms with van der Waals surface area (Å²) in [6.45, 7) is 3.77. The smallest absolute Gasteiger partial charge is 0.270 e. The number of hydrogen-bond acceptors (Lipinski definition) is 3. The van der Waals surface area contributed by atoms with Crippen LogP contribution in [0.15, 0.2) is 48.5 Å². The van der Waals surface area contributed by atoms with E-state index in [2.05, 4.69) is 15.3 Å². The average Bonchev–Trinajstić information content (AvgIpc) is 3.08. The molecule has 0 radical (unpaired) electrons. The lowest BCUT2D eigenvalue weighted by Crippen LogP contribution is -2.39. The van der Waals surface area contributed by atoms with Gasteiger partial charge in [0.05, 0.1) is 5.52 Å². The SMILES string of the molecule is Cl.Cn1nc2ccccc2c1C(=O)NCC1CCN(CCc2ccc(F)cc2)CC1. The number of nitrogens with one attached hydrogen (secondary N) is 1. The Balaban J connectivity index is 0.00000256. The second-order valence-electron chi connectivity index (χ2n) is 7.86. The van der Waals surface area contributed by atoms with Crippen molar-refractivity contribution in [2.45, 2.75) is 19.3 Å². The zero-order chi connectivity index (χ0) is 20.2. The first-order valence-corrected chi connectivity index (χ1v) is 10.3. The number of amides is 1. The predicted octanol–water partition coefficient (Wildman–Crippen LogP) is 3.82. The summed E-state index contributed by atoms with van der Waals surface area (Å²) in [6.07, 6.45) is 3.10. The molecule has 1 N–H and O–H groups in total. The maximum atomic E-state index is 13.0. The Bertz CT molecular complexity index is 981. The summed E-state index contributed by atoms with van der Waals surface area (Å²) in [5.74, 6) is 0.260. The molecule has 30 heavy (non-hydrogen) atoms. The van der Waals surface area contributed by atoms with Crippen LogP contribution in [0.5, 0.6) is 0 Å². The molecule has 0 bridgehead atoms. The van der Waals surface area contributed by atoms with E-state index in [4.69, 9.17) is 0 Å². The van der Waals surface area contributed by atoms with Crippen molar-refractivity contribution in [2.75, 3.05) is 26.2 Å². The molecule has 0 saturated carbocycles. The fourth-order valence-corrected chi connectivity index (χ4v) is 4.09. The Labute approximate surface area is 182 Å². The number of aromatic nitrogens is 2. The second kappa shape index (κ2) is 10.0. The van der Waals surface area contributed by atoms with Gasteiger partial charge < -0.3 is 10.2 Å². The molecule has 1 aromatic heterocycles. The highest BCUT2D eigenvalue weighted by Crippen LogP contribution is 2.19. The van der Waals surface area contributed by atoms with Crippen LogP contribution in [0.1, 0.15) is 28.9 Å². The summed E-state index contributed by atoms with van der Waals surface area (Å²) in [5.41, 5.74) is 2.64. The Morgan fingerprint density at radius 3 is 2.57 bits per heavy atom. The normalized spacial score (nSPS) is 15.1. The Hall–Kier alpha value is -2.44. The quantitative estimate of drug-likeness (QED) is 0.646. The fourth-order valence-electron chi connectivity index (χ4n) is 4.09. The second-order valence-corrected chi connectivity index (χ2v) is 7.86. The number of likely N-dealkylation sites (tertiary alicyclic amines) is 1. The number of fused-ring (bicyclic) bond motifs is 1. The van der Waals surface area contributed by atoms with Crippen molar-refractivity contribution in [3.8, 4) is 0 Å². The minimum Gasteiger partial charge on any atom is -0.350 e. The van der Waals surface area contributed by atoms with E-state index in [9.17, 15) is 9.18 Å². The lowest BCUT2D eigenvalue weighted by molar-refractivity contribution is 0.0928. The highest BCUT2D eigenvalue weighted by atomic mass is 35.5. The van der Waals surface area contributed by atoms with Crippen LogP contribution >= 0.6 is 12.4 Å². The fraction of sp³-hybridized carbons (Fsp3) is 0.391. The van der Waals surface area contributed by atoms with Crippen LogP contribution in [-0.4, -0.2) is 46.8 Å². The van der Waals surface area contributed by atoms with E-state index in [1.54, 1.807) is 4.68 Å². The van der Waals surface area contributed by atoms with E-state index in [-0.39, 0.29) is 24.1 Å². The summed E-state index contributed by atoms with van der Waals surface area (Å²) in [6, 6.07) is 14.5. The molecule has 0 spiro atoms. The van der Waals surface area contributed by atoms with E-state index >= 15 is 0 Å². The van der Waals surface area contributed by atoms with E-state index in [0.717, 1.165) is 49.8 Å². The molecule has 1 fully saturated rings. The highest BCUT2D eigenvalue weighted by molar-refractivity contribution is 6.04. The van der Waals surface area contributed by atoms with Gasteiger partial charge in [0.2, 0.25) is 0 Å². The van der Waals surface area contributed by atoms with E-state index in [1.807, 2.05) is 43.4 Å². The van der Waals surface area contributed by atoms with Gasteiger partial charge in [0, 0.05) is 25.5 Å². The van der Waals surface area contributed by atoms with Crippen molar-refractivity contribution in [3.05, 3.63) is 65.6 Å². The van der Waals surface area contributed by atoms with Gasteiger partial charge in [-0.05, 0) is 62.0 Å². The first-order valence-electron chi connectivity index (χ1n) is 10.3. The molecule has 0 atom stereocenters. The van der Waals surface area contributed by atoms with Crippen molar-refractivity contribution < 1.29 is 9.18 Å². The number of benzene rings is 2. The number of hydrogen-bond donors (Lipinski definition) is 1. The van der Waals surface area contributed by atoms with Gasteiger partial charge in [-0.15, -0.1) is 12.4 Å². The van der Waals surface area contributed by atoms with Crippen molar-refractivity contribution in [2.24, 2.45) is 13.0 Å². The van der Waals surface area contributed by atoms with Gasteiger partial charge >= 0.3 is 0 Å². The molecular formula is C23H28ClFN4O. The summed E-state index contributed by atoms with van der Waals surface area (Å²) in [4.78, 5) is 15.2. The topological polar surface area (TPSA) is 50.2 Å². The Morgan fingerprint density at radius 2 is 1.83 bits per heavy atom. The summed E-state index contributed by atoms with van der Waals surface area (Å²) in [7, 11) is 1.81. The molecule has 1 amide bonds. The average molecular weight is 431 g/mol. The number of carbonyl (C=O) groups excluding carboxylic acids is 1. The minimum atomic E-state index is -0.185. The zero-order valence-corrected chi connectivity index (χ0v) is 18.0. The molecule has 160 valence electrons. The van der Waals surface area contributed by atoms with Crippen molar-refractivity contribution in [3.63, 3.8) is 0 Å². The third kappa shape index (κ3) is 5.18. The largest absolute Gasteiger partial charge is 0.350 e. The molecule has 3 aromatic rings. The summed E-state index contributed by atoms with van der Waals surface area (Å²) in [5, 5.41) is 8.42. The number of aryl methyl sites for hydroxylation is 1. The predicted molar refractivity (Wildman–Crippen MR) is 120 cm³/mol. The highest BCUT2D eigenvalue weighted by Gasteiger charge is 2.21. The molecule has 5 nitrogen and oxygen atoms in total. The summed E-state index contributed by atoms with van der Waals surface area (Å²) >= 11 is 0. The van der Waals surface area contributed by atoms with E-state index in [1.165, 1.54) is 17.7 Å². The molecule has 1 saturated heterocycles. The monoisotopic (exact) mass is 430 g/mol. The number of halogens is 2. The van der Waals surface area contributed by atoms with Crippen LogP contribution in [0.3, 0.4) is 0 Å². The standard InChI is InChI=1S/C23H27FN4O.ClH/c1-27-22(20-4-2-3-5-21(20)26-27)23(29)25-16-18-11-14-28(15-12-18)13-10-17-6-8-19(24)9-7-17;/h2-9,18H,10-16H2,1H3,(H,25,29);1H. The molecule has 7 heteroatoms. The third-order valence-corrected chi connectivity index (χ3v) is 5.84. The van der Waals surface area contributed by atoms with Gasteiger partial charge in [-0.3, -0.25) is 9.48 Å². The molecule has 2 heterocycles. The molecule has 0 aliphatic carbocycles. The molecular weight excluding hydrogens is 403 g/mol. The minimum absolute atomic E-state index is 0. The molecule has 4 rings (SSSR count). The Kier molecular flexibility index (Phi) is 7.45. The van der Waals surface area contributed by atoms with Crippen molar-refractivity contribution in [1.29, 1.82) is 0 Å². The van der Waals surface area contributed by atoms with Crippen LogP contribution in [0.4, 0.5) is 4.39 Å². The van der Waals surface area contributed by atoms with Gasteiger partial charge in [-0.1, -0.05) is 30.3 Å². The first kappa shape index (κ1) is 22.2. The van der Waals surface area contributed by atoms with Gasteiger partial charge in [0.15, 0.2) is 0 Å². The van der Waals surface area contributed by atoms with Crippen LogP contribution in [0.2, 0.25) is 0 Å². The van der Waals surface area contributed by atoms with Gasteiger partial charge in [-0.2, -0.15) is 5.10 Å². The Morgan fingerprint density at radius 1 is 1.13 bits per heavy atom. The first-order chi connectivity index (χ1) is 14.1. The van der Waals surface area contributed by atoms with Crippen molar-refractivity contribution >= 4 is 29.2 Å². The molecule has 0 unspecified atom stereocenters. The zero-order valence-electron chi connectivity index (χ0n) is 17.2. The lowest BCUT2D eigenvalue weighted by atomic mass is 9.96. The van der Waals surface area contributed by atoms with E-state index in [0.29, 0.717) is 18.2 Å². The van der Waals surface area contributed by atoms with Gasteiger partial charge in [0.25, 0.3) is 5.91 Å². The number of piperidine rings is 1. The van der Waals surface area contributed by atoms with Crippen molar-refractivity contribution in [1.82, 2.24) is 20.0 Å². The van der Waals surface area contributed by atoms with Crippen LogP contribution in [-0.2, 0) is 13.5 Å².